The lowest BCUT2D eigenvalue weighted by atomic mass is 10.1. The van der Waals surface area contributed by atoms with Crippen molar-refractivity contribution < 1.29 is 0 Å². The minimum Gasteiger partial charge on any atom is -0.374 e. The van der Waals surface area contributed by atoms with E-state index >= 15 is 0 Å². The average molecular weight is 356 g/mol. The molecular weight excluding hydrogens is 342 g/mol. The van der Waals surface area contributed by atoms with Crippen molar-refractivity contribution in [2.45, 2.75) is 13.0 Å². The highest BCUT2D eigenvalue weighted by molar-refractivity contribution is 6.31. The van der Waals surface area contributed by atoms with Gasteiger partial charge in [-0.05, 0) is 43.3 Å². The van der Waals surface area contributed by atoms with E-state index in [1.54, 1.807) is 36.4 Å². The summed E-state index contributed by atoms with van der Waals surface area (Å²) in [5.41, 5.74) is 1.77. The maximum atomic E-state index is 12.4. The molecule has 0 aliphatic rings. The van der Waals surface area contributed by atoms with Crippen LogP contribution in [-0.4, -0.2) is 19.6 Å². The molecule has 0 amide bonds. The van der Waals surface area contributed by atoms with Gasteiger partial charge in [-0.1, -0.05) is 11.6 Å². The number of fused-ring (bicyclic) bond motifs is 2. The predicted molar refractivity (Wildman–Crippen MR) is 97.4 cm³/mol. The fourth-order valence-corrected chi connectivity index (χ4v) is 3.03. The Balaban J connectivity index is 1.75. The molecule has 1 unspecified atom stereocenters. The van der Waals surface area contributed by atoms with Crippen LogP contribution in [0.1, 0.15) is 18.5 Å². The molecule has 4 rings (SSSR count). The molecular formula is C17H14ClN5O2. The van der Waals surface area contributed by atoms with E-state index in [4.69, 9.17) is 11.6 Å². The number of hydrogen-bond donors (Lipinski definition) is 3. The van der Waals surface area contributed by atoms with Gasteiger partial charge in [-0.25, -0.2) is 4.40 Å². The van der Waals surface area contributed by atoms with Crippen LogP contribution in [0.3, 0.4) is 0 Å². The molecule has 0 saturated carbocycles. The topological polar surface area (TPSA) is 95.1 Å². The molecule has 3 heterocycles. The van der Waals surface area contributed by atoms with Gasteiger partial charge in [0.15, 0.2) is 0 Å². The molecule has 4 aromatic rings. The average Bonchev–Trinajstić information content (AvgIpc) is 3.06. The molecule has 0 radical (unpaired) electrons. The molecule has 8 heteroatoms. The Morgan fingerprint density at radius 3 is 2.88 bits per heavy atom. The zero-order valence-electron chi connectivity index (χ0n) is 13.2. The van der Waals surface area contributed by atoms with Crippen LogP contribution in [0.15, 0.2) is 52.3 Å². The van der Waals surface area contributed by atoms with Gasteiger partial charge in [0.05, 0.1) is 6.04 Å². The monoisotopic (exact) mass is 355 g/mol. The van der Waals surface area contributed by atoms with Crippen molar-refractivity contribution in [2.75, 3.05) is 5.32 Å². The highest BCUT2D eigenvalue weighted by Crippen LogP contribution is 2.21. The number of H-pyrrole nitrogens is 2. The molecule has 1 atom stereocenters. The number of rotatable bonds is 3. The normalized spacial score (nSPS) is 12.6. The van der Waals surface area contributed by atoms with E-state index in [1.807, 2.05) is 6.92 Å². The van der Waals surface area contributed by atoms with E-state index in [2.05, 4.69) is 20.5 Å². The Bertz CT molecular complexity index is 1210. The zero-order valence-corrected chi connectivity index (χ0v) is 14.0. The predicted octanol–water partition coefficient (Wildman–Crippen LogP) is 2.69. The zero-order chi connectivity index (χ0) is 17.6. The molecule has 0 saturated heterocycles. The van der Waals surface area contributed by atoms with Gasteiger partial charge in [-0.3, -0.25) is 14.7 Å². The lowest BCUT2D eigenvalue weighted by molar-refractivity contribution is 0.859. The van der Waals surface area contributed by atoms with Gasteiger partial charge in [-0.2, -0.15) is 5.10 Å². The van der Waals surface area contributed by atoms with Gasteiger partial charge >= 0.3 is 0 Å². The summed E-state index contributed by atoms with van der Waals surface area (Å²) in [4.78, 5) is 27.7. The summed E-state index contributed by atoms with van der Waals surface area (Å²) in [5.74, 6) is 0. The molecule has 0 bridgehead atoms. The van der Waals surface area contributed by atoms with E-state index < -0.39 is 0 Å². The summed E-state index contributed by atoms with van der Waals surface area (Å²) in [7, 11) is 0. The lowest BCUT2D eigenvalue weighted by Gasteiger charge is -2.15. The van der Waals surface area contributed by atoms with Crippen LogP contribution < -0.4 is 16.4 Å². The van der Waals surface area contributed by atoms with Gasteiger partial charge in [0.1, 0.15) is 17.7 Å². The number of benzene rings is 1. The van der Waals surface area contributed by atoms with E-state index in [0.717, 1.165) is 5.39 Å². The number of halogens is 1. The summed E-state index contributed by atoms with van der Waals surface area (Å²) in [5, 5.41) is 11.1. The quantitative estimate of drug-likeness (QED) is 0.526. The van der Waals surface area contributed by atoms with E-state index in [9.17, 15) is 9.59 Å². The van der Waals surface area contributed by atoms with Crippen LogP contribution in [0.4, 0.5) is 5.69 Å². The first-order valence-corrected chi connectivity index (χ1v) is 8.04. The van der Waals surface area contributed by atoms with Crippen molar-refractivity contribution in [3.05, 3.63) is 74.0 Å². The minimum atomic E-state index is -0.371. The number of anilines is 1. The smallest absolute Gasteiger partial charge is 0.280 e. The molecule has 3 aromatic heterocycles. The summed E-state index contributed by atoms with van der Waals surface area (Å²) in [6.45, 7) is 1.82. The third-order valence-corrected chi connectivity index (χ3v) is 4.38. The number of pyridine rings is 2. The molecule has 0 aliphatic carbocycles. The molecule has 3 N–H and O–H groups in total. The second-order valence-electron chi connectivity index (χ2n) is 5.82. The summed E-state index contributed by atoms with van der Waals surface area (Å²) in [6, 6.07) is 10.1. The van der Waals surface area contributed by atoms with Crippen LogP contribution in [0, 0.1) is 0 Å². The van der Waals surface area contributed by atoms with Crippen molar-refractivity contribution in [2.24, 2.45) is 0 Å². The molecule has 0 fully saturated rings. The van der Waals surface area contributed by atoms with Gasteiger partial charge in [0.2, 0.25) is 0 Å². The fourth-order valence-electron chi connectivity index (χ4n) is 2.85. The third kappa shape index (κ3) is 2.68. The van der Waals surface area contributed by atoms with Crippen molar-refractivity contribution in [1.82, 2.24) is 19.6 Å². The van der Waals surface area contributed by atoms with Gasteiger partial charge in [0.25, 0.3) is 11.1 Å². The largest absolute Gasteiger partial charge is 0.374 e. The summed E-state index contributed by atoms with van der Waals surface area (Å²) in [6.07, 6.45) is 1.42. The molecule has 25 heavy (non-hydrogen) atoms. The van der Waals surface area contributed by atoms with Crippen molar-refractivity contribution in [3.8, 4) is 0 Å². The number of nitrogens with zero attached hydrogens (tertiary/aromatic N) is 2. The van der Waals surface area contributed by atoms with Crippen molar-refractivity contribution >= 4 is 33.8 Å². The van der Waals surface area contributed by atoms with Crippen LogP contribution >= 0.6 is 11.6 Å². The van der Waals surface area contributed by atoms with Crippen LogP contribution in [0.5, 0.6) is 0 Å². The SMILES string of the molecule is CC(Nc1ccc2[nH]ncn2c1=O)c1cc2cc(Cl)ccc2[nH]c1=O. The Labute approximate surface area is 146 Å². The van der Waals surface area contributed by atoms with Gasteiger partial charge in [0, 0.05) is 21.5 Å². The lowest BCUT2D eigenvalue weighted by Crippen LogP contribution is -2.23. The summed E-state index contributed by atoms with van der Waals surface area (Å²) >= 11 is 6.03. The van der Waals surface area contributed by atoms with Gasteiger partial charge in [-0.15, -0.1) is 0 Å². The highest BCUT2D eigenvalue weighted by atomic mass is 35.5. The number of aromatic amines is 2. The Hall–Kier alpha value is -3.06. The highest BCUT2D eigenvalue weighted by Gasteiger charge is 2.14. The molecule has 1 aromatic carbocycles. The number of aromatic nitrogens is 4. The molecule has 126 valence electrons. The molecule has 7 nitrogen and oxygen atoms in total. The van der Waals surface area contributed by atoms with Crippen molar-refractivity contribution in [3.63, 3.8) is 0 Å². The first-order chi connectivity index (χ1) is 12.0. The fraction of sp³-hybridized carbons (Fsp3) is 0.118. The number of nitrogens with one attached hydrogen (secondary N) is 3. The van der Waals surface area contributed by atoms with E-state index in [0.29, 0.717) is 27.4 Å². The van der Waals surface area contributed by atoms with Gasteiger partial charge < -0.3 is 10.3 Å². The maximum absolute atomic E-state index is 12.4. The van der Waals surface area contributed by atoms with E-state index in [1.165, 1.54) is 10.7 Å². The maximum Gasteiger partial charge on any atom is 0.280 e. The Kier molecular flexibility index (Phi) is 3.58. The summed E-state index contributed by atoms with van der Waals surface area (Å²) < 4.78 is 1.40. The van der Waals surface area contributed by atoms with E-state index in [-0.39, 0.29) is 17.2 Å². The first-order valence-electron chi connectivity index (χ1n) is 7.67. The van der Waals surface area contributed by atoms with Crippen LogP contribution in [0.2, 0.25) is 5.02 Å². The minimum absolute atomic E-state index is 0.209. The third-order valence-electron chi connectivity index (χ3n) is 4.14. The Morgan fingerprint density at radius 1 is 1.20 bits per heavy atom. The Morgan fingerprint density at radius 2 is 2.04 bits per heavy atom. The van der Waals surface area contributed by atoms with Crippen LogP contribution in [-0.2, 0) is 0 Å². The van der Waals surface area contributed by atoms with Crippen molar-refractivity contribution in [1.29, 1.82) is 0 Å². The molecule has 0 aliphatic heterocycles. The molecule has 0 spiro atoms. The number of hydrogen-bond acceptors (Lipinski definition) is 4. The second-order valence-corrected chi connectivity index (χ2v) is 6.25. The van der Waals surface area contributed by atoms with Crippen LogP contribution in [0.25, 0.3) is 16.6 Å². The first kappa shape index (κ1) is 15.5. The second kappa shape index (κ2) is 5.78. The standard InChI is InChI=1S/C17H14ClN5O2/c1-9(20-14-4-5-15-22-19-8-23(15)17(14)25)12-7-10-6-11(18)2-3-13(10)21-16(12)24/h2-9,20,22H,1H3,(H,21,24).